The summed E-state index contributed by atoms with van der Waals surface area (Å²) in [6.07, 6.45) is 12.4. The Morgan fingerprint density at radius 1 is 1.00 bits per heavy atom. The van der Waals surface area contributed by atoms with Crippen LogP contribution in [0.15, 0.2) is 18.2 Å². The Balaban J connectivity index is 1.88. The van der Waals surface area contributed by atoms with Gasteiger partial charge in [-0.3, -0.25) is 14.9 Å². The SMILES string of the molecule is C#CCNc1nc(NCCCCCCCC)nc(NCCNC(=O)c2cc([N+](=O)[O-])ccc2Cl)n1. The molecule has 0 saturated heterocycles. The van der Waals surface area contributed by atoms with Crippen LogP contribution in [0.5, 0.6) is 0 Å². The summed E-state index contributed by atoms with van der Waals surface area (Å²) in [4.78, 5) is 35.7. The van der Waals surface area contributed by atoms with Crippen molar-refractivity contribution in [3.8, 4) is 12.3 Å². The number of aromatic nitrogens is 3. The van der Waals surface area contributed by atoms with E-state index in [0.29, 0.717) is 24.4 Å². The normalized spacial score (nSPS) is 10.3. The molecule has 4 N–H and O–H groups in total. The number of nitrogens with zero attached hydrogens (tertiary/aromatic N) is 4. The molecule has 1 heterocycles. The Hall–Kier alpha value is -3.65. The number of benzene rings is 1. The minimum Gasteiger partial charge on any atom is -0.354 e. The molecule has 1 amide bonds. The Kier molecular flexibility index (Phi) is 12.1. The van der Waals surface area contributed by atoms with Crippen molar-refractivity contribution in [1.29, 1.82) is 0 Å². The Morgan fingerprint density at radius 3 is 2.29 bits per heavy atom. The van der Waals surface area contributed by atoms with Crippen molar-refractivity contribution in [3.63, 3.8) is 0 Å². The van der Waals surface area contributed by atoms with E-state index in [1.165, 1.54) is 37.8 Å². The third-order valence-corrected chi connectivity index (χ3v) is 5.23. The van der Waals surface area contributed by atoms with Gasteiger partial charge in [0.25, 0.3) is 11.6 Å². The fraction of sp³-hybridized carbons (Fsp3) is 0.478. The summed E-state index contributed by atoms with van der Waals surface area (Å²) in [7, 11) is 0. The number of hydrogen-bond donors (Lipinski definition) is 4. The van der Waals surface area contributed by atoms with Crippen molar-refractivity contribution in [2.75, 3.05) is 42.1 Å². The molecule has 1 aromatic carbocycles. The Morgan fingerprint density at radius 2 is 1.63 bits per heavy atom. The second-order valence-corrected chi connectivity index (χ2v) is 8.07. The molecule has 1 aromatic heterocycles. The molecular weight excluding hydrogens is 472 g/mol. The fourth-order valence-corrected chi connectivity index (χ4v) is 3.30. The highest BCUT2D eigenvalue weighted by molar-refractivity contribution is 6.33. The molecule has 0 spiro atoms. The predicted octanol–water partition coefficient (Wildman–Crippen LogP) is 4.09. The van der Waals surface area contributed by atoms with Gasteiger partial charge in [-0.15, -0.1) is 6.42 Å². The van der Waals surface area contributed by atoms with Crippen LogP contribution in [0.2, 0.25) is 5.02 Å². The first-order valence-electron chi connectivity index (χ1n) is 11.6. The van der Waals surface area contributed by atoms with Crippen LogP contribution < -0.4 is 21.3 Å². The molecule has 11 nitrogen and oxygen atoms in total. The number of rotatable bonds is 16. The second kappa shape index (κ2) is 15.3. The summed E-state index contributed by atoms with van der Waals surface area (Å²) in [5, 5.41) is 22.9. The van der Waals surface area contributed by atoms with Crippen LogP contribution in [-0.4, -0.2) is 52.0 Å². The summed E-state index contributed by atoms with van der Waals surface area (Å²) in [6.45, 7) is 3.70. The molecule has 35 heavy (non-hydrogen) atoms. The number of unbranched alkanes of at least 4 members (excludes halogenated alkanes) is 5. The van der Waals surface area contributed by atoms with E-state index >= 15 is 0 Å². The maximum atomic E-state index is 12.4. The predicted molar refractivity (Wildman–Crippen MR) is 138 cm³/mol. The lowest BCUT2D eigenvalue weighted by Gasteiger charge is -2.11. The molecule has 2 aromatic rings. The number of carbonyl (C=O) groups is 1. The van der Waals surface area contributed by atoms with Gasteiger partial charge < -0.3 is 21.3 Å². The maximum absolute atomic E-state index is 12.4. The van der Waals surface area contributed by atoms with E-state index in [9.17, 15) is 14.9 Å². The molecular formula is C23H31ClN8O3. The topological polar surface area (TPSA) is 147 Å². The van der Waals surface area contributed by atoms with Gasteiger partial charge in [-0.2, -0.15) is 15.0 Å². The molecule has 2 rings (SSSR count). The molecule has 188 valence electrons. The number of nitrogens with one attached hydrogen (secondary N) is 4. The first-order valence-corrected chi connectivity index (χ1v) is 12.0. The second-order valence-electron chi connectivity index (χ2n) is 7.66. The van der Waals surface area contributed by atoms with Crippen LogP contribution in [0.3, 0.4) is 0 Å². The maximum Gasteiger partial charge on any atom is 0.270 e. The monoisotopic (exact) mass is 502 g/mol. The summed E-state index contributed by atoms with van der Waals surface area (Å²) in [5.41, 5.74) is -0.182. The van der Waals surface area contributed by atoms with E-state index in [4.69, 9.17) is 18.0 Å². The molecule has 0 aliphatic rings. The number of non-ortho nitro benzene ring substituents is 1. The van der Waals surface area contributed by atoms with Crippen molar-refractivity contribution in [1.82, 2.24) is 20.3 Å². The van der Waals surface area contributed by atoms with Gasteiger partial charge in [-0.25, -0.2) is 0 Å². The Labute approximate surface area is 210 Å². The molecule has 0 atom stereocenters. The quantitative estimate of drug-likeness (QED) is 0.115. The van der Waals surface area contributed by atoms with E-state index in [2.05, 4.69) is 49.1 Å². The van der Waals surface area contributed by atoms with E-state index in [-0.39, 0.29) is 29.4 Å². The first-order chi connectivity index (χ1) is 16.9. The number of anilines is 3. The van der Waals surface area contributed by atoms with E-state index in [1.54, 1.807) is 0 Å². The van der Waals surface area contributed by atoms with Crippen molar-refractivity contribution in [2.45, 2.75) is 45.4 Å². The van der Waals surface area contributed by atoms with Gasteiger partial charge >= 0.3 is 0 Å². The Bertz CT molecular complexity index is 1030. The number of hydrogen-bond acceptors (Lipinski definition) is 9. The molecule has 0 fully saturated rings. The van der Waals surface area contributed by atoms with Crippen molar-refractivity contribution >= 4 is 41.0 Å². The van der Waals surface area contributed by atoms with Crippen LogP contribution in [-0.2, 0) is 0 Å². The highest BCUT2D eigenvalue weighted by atomic mass is 35.5. The number of carbonyl (C=O) groups excluding carboxylic acids is 1. The van der Waals surface area contributed by atoms with Crippen LogP contribution >= 0.6 is 11.6 Å². The number of nitro groups is 1. The highest BCUT2D eigenvalue weighted by Gasteiger charge is 2.15. The minimum atomic E-state index is -0.584. The molecule has 0 saturated carbocycles. The molecule has 0 aliphatic heterocycles. The summed E-state index contributed by atoms with van der Waals surface area (Å²) in [6, 6.07) is 3.70. The summed E-state index contributed by atoms with van der Waals surface area (Å²) >= 11 is 6.01. The molecule has 0 radical (unpaired) electrons. The third kappa shape index (κ3) is 10.0. The molecule has 0 unspecified atom stereocenters. The van der Waals surface area contributed by atoms with Gasteiger partial charge in [-0.1, -0.05) is 56.5 Å². The highest BCUT2D eigenvalue weighted by Crippen LogP contribution is 2.21. The average Bonchev–Trinajstić information content (AvgIpc) is 2.84. The van der Waals surface area contributed by atoms with Crippen LogP contribution in [0.25, 0.3) is 0 Å². The van der Waals surface area contributed by atoms with Crippen LogP contribution in [0.4, 0.5) is 23.5 Å². The third-order valence-electron chi connectivity index (χ3n) is 4.90. The van der Waals surface area contributed by atoms with Gasteiger partial charge in [0.2, 0.25) is 17.8 Å². The number of halogens is 1. The smallest absolute Gasteiger partial charge is 0.270 e. The lowest BCUT2D eigenvalue weighted by Crippen LogP contribution is -2.29. The first kappa shape index (κ1) is 27.6. The van der Waals surface area contributed by atoms with Gasteiger partial charge in [-0.05, 0) is 12.5 Å². The molecule has 0 bridgehead atoms. The van der Waals surface area contributed by atoms with Crippen molar-refractivity contribution in [2.24, 2.45) is 0 Å². The zero-order valence-corrected chi connectivity index (χ0v) is 20.5. The standard InChI is InChI=1S/C23H31ClN8O3/c1-3-5-6-7-8-9-13-27-22-29-21(26-12-4-2)30-23(31-22)28-15-14-25-20(33)18-16-17(32(34)35)10-11-19(18)24/h2,10-11,16H,3,5-9,12-15H2,1H3,(H,25,33)(H3,26,27,28,29,30,31). The van der Waals surface area contributed by atoms with Crippen molar-refractivity contribution in [3.05, 3.63) is 38.9 Å². The largest absolute Gasteiger partial charge is 0.354 e. The fourth-order valence-electron chi connectivity index (χ4n) is 3.10. The van der Waals surface area contributed by atoms with Gasteiger partial charge in [0.15, 0.2) is 0 Å². The van der Waals surface area contributed by atoms with E-state index < -0.39 is 10.8 Å². The van der Waals surface area contributed by atoms with E-state index in [1.807, 2.05) is 0 Å². The minimum absolute atomic E-state index is 0.0305. The lowest BCUT2D eigenvalue weighted by molar-refractivity contribution is -0.384. The van der Waals surface area contributed by atoms with E-state index in [0.717, 1.165) is 25.5 Å². The van der Waals surface area contributed by atoms with Crippen LogP contribution in [0, 0.1) is 22.5 Å². The van der Waals surface area contributed by atoms with Crippen LogP contribution in [0.1, 0.15) is 55.8 Å². The van der Waals surface area contributed by atoms with Gasteiger partial charge in [0, 0.05) is 31.8 Å². The van der Waals surface area contributed by atoms with Gasteiger partial charge in [0.05, 0.1) is 22.1 Å². The number of terminal acetylenes is 1. The van der Waals surface area contributed by atoms with Crippen molar-refractivity contribution < 1.29 is 9.72 Å². The number of amides is 1. The summed E-state index contributed by atoms with van der Waals surface area (Å²) < 4.78 is 0. The average molecular weight is 503 g/mol. The lowest BCUT2D eigenvalue weighted by atomic mass is 10.1. The zero-order chi connectivity index (χ0) is 25.5. The summed E-state index contributed by atoms with van der Waals surface area (Å²) in [5.74, 6) is 3.02. The van der Waals surface area contributed by atoms with Gasteiger partial charge in [0.1, 0.15) is 0 Å². The molecule has 12 heteroatoms. The molecule has 0 aliphatic carbocycles. The number of nitro benzene ring substituents is 1. The zero-order valence-electron chi connectivity index (χ0n) is 19.8.